The zero-order valence-corrected chi connectivity index (χ0v) is 21.3. The van der Waals surface area contributed by atoms with Crippen molar-refractivity contribution < 1.29 is 4.74 Å². The van der Waals surface area contributed by atoms with Crippen LogP contribution in [0.3, 0.4) is 0 Å². The van der Waals surface area contributed by atoms with Gasteiger partial charge in [0.1, 0.15) is 5.75 Å². The van der Waals surface area contributed by atoms with Gasteiger partial charge >= 0.3 is 0 Å². The Labute approximate surface area is 194 Å². The minimum Gasteiger partial charge on any atom is -0.497 e. The number of benzene rings is 1. The molecule has 1 aliphatic heterocycles. The van der Waals surface area contributed by atoms with Crippen molar-refractivity contribution in [2.45, 2.75) is 46.2 Å². The monoisotopic (exact) mass is 517 g/mol. The molecule has 1 aromatic carbocycles. The Morgan fingerprint density at radius 1 is 1.24 bits per heavy atom. The van der Waals surface area contributed by atoms with Crippen LogP contribution in [-0.4, -0.2) is 69.8 Å². The Morgan fingerprint density at radius 3 is 2.59 bits per heavy atom. The van der Waals surface area contributed by atoms with Crippen molar-refractivity contribution >= 4 is 35.6 Å². The summed E-state index contributed by atoms with van der Waals surface area (Å²) in [6, 6.07) is 9.44. The van der Waals surface area contributed by atoms with Crippen LogP contribution in [0.15, 0.2) is 29.3 Å². The molecule has 166 valence electrons. The molecule has 1 saturated heterocycles. The smallest absolute Gasteiger partial charge is 0.191 e. The molecular formula is C22H40IN5O. The van der Waals surface area contributed by atoms with E-state index in [-0.39, 0.29) is 24.0 Å². The molecule has 7 heteroatoms. The lowest BCUT2D eigenvalue weighted by Gasteiger charge is -2.30. The summed E-state index contributed by atoms with van der Waals surface area (Å²) in [5.41, 5.74) is 1.24. The van der Waals surface area contributed by atoms with E-state index >= 15 is 0 Å². The number of aliphatic imine (C=N–C) groups is 1. The van der Waals surface area contributed by atoms with E-state index in [9.17, 15) is 0 Å². The Bertz CT molecular complexity index is 615. The second kappa shape index (κ2) is 13.2. The number of rotatable bonds is 9. The van der Waals surface area contributed by atoms with Crippen LogP contribution in [0.1, 0.15) is 34.1 Å². The summed E-state index contributed by atoms with van der Waals surface area (Å²) in [5.74, 6) is 2.43. The molecule has 0 amide bonds. The van der Waals surface area contributed by atoms with Crippen LogP contribution in [0.5, 0.6) is 5.75 Å². The van der Waals surface area contributed by atoms with Crippen molar-refractivity contribution in [3.05, 3.63) is 24.3 Å². The summed E-state index contributed by atoms with van der Waals surface area (Å²) in [7, 11) is 3.56. The summed E-state index contributed by atoms with van der Waals surface area (Å²) in [5, 5.41) is 6.97. The number of anilines is 1. The molecule has 1 fully saturated rings. The molecule has 1 aromatic rings. The van der Waals surface area contributed by atoms with Crippen LogP contribution >= 0.6 is 24.0 Å². The molecule has 1 aliphatic rings. The molecule has 1 heterocycles. The van der Waals surface area contributed by atoms with E-state index in [0.29, 0.717) is 18.0 Å². The maximum Gasteiger partial charge on any atom is 0.191 e. The molecule has 1 atom stereocenters. The number of halogens is 1. The van der Waals surface area contributed by atoms with Crippen molar-refractivity contribution in [2.24, 2.45) is 10.9 Å². The summed E-state index contributed by atoms with van der Waals surface area (Å²) in [6.45, 7) is 14.0. The predicted molar refractivity (Wildman–Crippen MR) is 135 cm³/mol. The Hall–Kier alpha value is -1.22. The van der Waals surface area contributed by atoms with Crippen molar-refractivity contribution in [1.82, 2.24) is 15.5 Å². The number of methoxy groups -OCH3 is 1. The van der Waals surface area contributed by atoms with Gasteiger partial charge in [0.25, 0.3) is 0 Å². The zero-order chi connectivity index (χ0) is 20.5. The minimum atomic E-state index is 0. The molecule has 0 saturated carbocycles. The lowest BCUT2D eigenvalue weighted by atomic mass is 10.1. The second-order valence-corrected chi connectivity index (χ2v) is 8.11. The normalized spacial score (nSPS) is 17.1. The third-order valence-electron chi connectivity index (χ3n) is 5.48. The summed E-state index contributed by atoms with van der Waals surface area (Å²) in [6.07, 6.45) is 1.19. The van der Waals surface area contributed by atoms with Gasteiger partial charge < -0.3 is 20.3 Å². The Kier molecular flexibility index (Phi) is 11.7. The van der Waals surface area contributed by atoms with Gasteiger partial charge in [0.15, 0.2) is 5.96 Å². The highest BCUT2D eigenvalue weighted by molar-refractivity contribution is 14.0. The molecule has 29 heavy (non-hydrogen) atoms. The van der Waals surface area contributed by atoms with E-state index in [0.717, 1.165) is 44.4 Å². The topological polar surface area (TPSA) is 52.1 Å². The molecule has 6 nitrogen and oxygen atoms in total. The first-order valence-corrected chi connectivity index (χ1v) is 10.5. The molecule has 0 aromatic heterocycles. The third kappa shape index (κ3) is 8.20. The molecule has 2 rings (SSSR count). The highest BCUT2D eigenvalue weighted by atomic mass is 127. The van der Waals surface area contributed by atoms with E-state index in [1.807, 2.05) is 13.1 Å². The highest BCUT2D eigenvalue weighted by Gasteiger charge is 2.23. The maximum absolute atomic E-state index is 5.35. The fourth-order valence-corrected chi connectivity index (χ4v) is 3.92. The standard InChI is InChI=1S/C22H39N5O.HI/c1-17(2)27(18(3)4)13-11-24-22(23-5)25-15-19-10-12-26(16-19)20-8-7-9-21(14-20)28-6;/h7-9,14,17-19H,10-13,15-16H2,1-6H3,(H2,23,24,25);1H. The van der Waals surface area contributed by atoms with Gasteiger partial charge in [0.2, 0.25) is 0 Å². The molecule has 1 unspecified atom stereocenters. The average molecular weight is 518 g/mol. The maximum atomic E-state index is 5.35. The predicted octanol–water partition coefficient (Wildman–Crippen LogP) is 3.42. The van der Waals surface area contributed by atoms with Crippen molar-refractivity contribution in [3.63, 3.8) is 0 Å². The zero-order valence-electron chi connectivity index (χ0n) is 18.9. The molecule has 0 radical (unpaired) electrons. The second-order valence-electron chi connectivity index (χ2n) is 8.11. The molecule has 2 N–H and O–H groups in total. The van der Waals surface area contributed by atoms with Gasteiger partial charge in [-0.1, -0.05) is 6.07 Å². The first-order valence-electron chi connectivity index (χ1n) is 10.5. The van der Waals surface area contributed by atoms with Crippen molar-refractivity contribution in [2.75, 3.05) is 51.8 Å². The fourth-order valence-electron chi connectivity index (χ4n) is 3.92. The minimum absolute atomic E-state index is 0. The van der Waals surface area contributed by atoms with Gasteiger partial charge in [0, 0.05) is 63.6 Å². The van der Waals surface area contributed by atoms with Crippen LogP contribution in [0.25, 0.3) is 0 Å². The number of hydrogen-bond acceptors (Lipinski definition) is 4. The van der Waals surface area contributed by atoms with Crippen LogP contribution in [-0.2, 0) is 0 Å². The lowest BCUT2D eigenvalue weighted by molar-refractivity contribution is 0.178. The van der Waals surface area contributed by atoms with E-state index in [4.69, 9.17) is 4.74 Å². The van der Waals surface area contributed by atoms with Crippen molar-refractivity contribution in [3.8, 4) is 5.75 Å². The first-order chi connectivity index (χ1) is 13.4. The van der Waals surface area contributed by atoms with Gasteiger partial charge in [-0.25, -0.2) is 0 Å². The van der Waals surface area contributed by atoms with E-state index < -0.39 is 0 Å². The number of guanidine groups is 1. The van der Waals surface area contributed by atoms with E-state index in [1.165, 1.54) is 12.1 Å². The fraction of sp³-hybridized carbons (Fsp3) is 0.682. The van der Waals surface area contributed by atoms with E-state index in [2.05, 4.69) is 71.3 Å². The van der Waals surface area contributed by atoms with Gasteiger partial charge in [-0.2, -0.15) is 0 Å². The molecular weight excluding hydrogens is 477 g/mol. The Morgan fingerprint density at radius 2 is 1.97 bits per heavy atom. The first kappa shape index (κ1) is 25.8. The lowest BCUT2D eigenvalue weighted by Crippen LogP contribution is -2.46. The van der Waals surface area contributed by atoms with Gasteiger partial charge in [-0.3, -0.25) is 9.89 Å². The number of nitrogens with zero attached hydrogens (tertiary/aromatic N) is 3. The van der Waals surface area contributed by atoms with Crippen LogP contribution in [0, 0.1) is 5.92 Å². The summed E-state index contributed by atoms with van der Waals surface area (Å²) >= 11 is 0. The molecule has 0 spiro atoms. The molecule has 0 bridgehead atoms. The largest absolute Gasteiger partial charge is 0.497 e. The summed E-state index contributed by atoms with van der Waals surface area (Å²) in [4.78, 5) is 9.31. The average Bonchev–Trinajstić information content (AvgIpc) is 3.16. The number of hydrogen-bond donors (Lipinski definition) is 2. The van der Waals surface area contributed by atoms with Crippen LogP contribution < -0.4 is 20.3 Å². The van der Waals surface area contributed by atoms with Gasteiger partial charge in [-0.15, -0.1) is 24.0 Å². The SMILES string of the molecule is CN=C(NCCN(C(C)C)C(C)C)NCC1CCN(c2cccc(OC)c2)C1.I. The van der Waals surface area contributed by atoms with Crippen LogP contribution in [0.4, 0.5) is 5.69 Å². The van der Waals surface area contributed by atoms with E-state index in [1.54, 1.807) is 7.11 Å². The summed E-state index contributed by atoms with van der Waals surface area (Å²) < 4.78 is 5.35. The van der Waals surface area contributed by atoms with Gasteiger partial charge in [0.05, 0.1) is 7.11 Å². The Balaban J connectivity index is 0.00000420. The van der Waals surface area contributed by atoms with Crippen molar-refractivity contribution in [1.29, 1.82) is 0 Å². The van der Waals surface area contributed by atoms with Crippen LogP contribution in [0.2, 0.25) is 0 Å². The molecule has 0 aliphatic carbocycles. The number of ether oxygens (including phenoxy) is 1. The highest BCUT2D eigenvalue weighted by Crippen LogP contribution is 2.26. The number of nitrogens with one attached hydrogen (secondary N) is 2. The quantitative estimate of drug-likeness (QED) is 0.299. The van der Waals surface area contributed by atoms with Gasteiger partial charge in [-0.05, 0) is 52.2 Å². The third-order valence-corrected chi connectivity index (χ3v) is 5.48.